The highest BCUT2D eigenvalue weighted by Gasteiger charge is 2.26. The van der Waals surface area contributed by atoms with Gasteiger partial charge in [0.1, 0.15) is 0 Å². The van der Waals surface area contributed by atoms with Crippen LogP contribution in [0.15, 0.2) is 0 Å². The molecule has 1 aliphatic heterocycles. The van der Waals surface area contributed by atoms with Crippen LogP contribution in [-0.2, 0) is 4.74 Å². The molecule has 2 N–H and O–H groups in total. The van der Waals surface area contributed by atoms with Crippen molar-refractivity contribution in [3.8, 4) is 0 Å². The summed E-state index contributed by atoms with van der Waals surface area (Å²) in [6.45, 7) is 5.33. The van der Waals surface area contributed by atoms with E-state index in [0.717, 1.165) is 6.61 Å². The highest BCUT2D eigenvalue weighted by Crippen LogP contribution is 2.24. The molecule has 2 heteroatoms. The van der Waals surface area contributed by atoms with Gasteiger partial charge in [-0.3, -0.25) is 0 Å². The van der Waals surface area contributed by atoms with Crippen LogP contribution in [0.3, 0.4) is 0 Å². The van der Waals surface area contributed by atoms with Gasteiger partial charge in [0.15, 0.2) is 0 Å². The fourth-order valence-corrected chi connectivity index (χ4v) is 3.25. The second-order valence-corrected chi connectivity index (χ2v) is 6.77. The van der Waals surface area contributed by atoms with Crippen LogP contribution in [0.1, 0.15) is 90.9 Å². The number of hydrogen-bond donors (Lipinski definition) is 1. The first-order valence-electron chi connectivity index (χ1n) is 9.11. The zero-order valence-corrected chi connectivity index (χ0v) is 13.9. The number of rotatable bonds is 12. The molecule has 1 fully saturated rings. The molecule has 0 spiro atoms. The van der Waals surface area contributed by atoms with E-state index in [1.807, 2.05) is 0 Å². The number of ether oxygens (including phenoxy) is 1. The van der Waals surface area contributed by atoms with Crippen molar-refractivity contribution < 1.29 is 4.74 Å². The SMILES string of the molecule is CCCCCCCCCCCCC(N)C1COC(C)C1. The van der Waals surface area contributed by atoms with Crippen molar-refractivity contribution in [1.82, 2.24) is 0 Å². The first-order chi connectivity index (χ1) is 9.74. The minimum Gasteiger partial charge on any atom is -0.378 e. The van der Waals surface area contributed by atoms with Crippen LogP contribution < -0.4 is 5.73 Å². The quantitative estimate of drug-likeness (QED) is 0.509. The van der Waals surface area contributed by atoms with Gasteiger partial charge in [-0.2, -0.15) is 0 Å². The summed E-state index contributed by atoms with van der Waals surface area (Å²) in [5, 5.41) is 0. The van der Waals surface area contributed by atoms with Crippen molar-refractivity contribution in [2.75, 3.05) is 6.61 Å². The average molecular weight is 284 g/mol. The van der Waals surface area contributed by atoms with Crippen LogP contribution in [0.25, 0.3) is 0 Å². The van der Waals surface area contributed by atoms with Crippen molar-refractivity contribution in [2.24, 2.45) is 11.7 Å². The Morgan fingerprint density at radius 3 is 2.00 bits per heavy atom. The first kappa shape index (κ1) is 18.0. The van der Waals surface area contributed by atoms with Crippen LogP contribution in [-0.4, -0.2) is 18.8 Å². The molecule has 0 saturated carbocycles. The van der Waals surface area contributed by atoms with E-state index >= 15 is 0 Å². The molecule has 3 unspecified atom stereocenters. The monoisotopic (exact) mass is 283 g/mol. The molecular formula is C18H37NO. The third-order valence-electron chi connectivity index (χ3n) is 4.73. The van der Waals surface area contributed by atoms with Crippen molar-refractivity contribution in [2.45, 2.75) is 103 Å². The summed E-state index contributed by atoms with van der Waals surface area (Å²) in [6, 6.07) is 0.369. The van der Waals surface area contributed by atoms with E-state index in [4.69, 9.17) is 10.5 Å². The van der Waals surface area contributed by atoms with Crippen molar-refractivity contribution >= 4 is 0 Å². The summed E-state index contributed by atoms with van der Waals surface area (Å²) in [5.74, 6) is 0.614. The predicted molar refractivity (Wildman–Crippen MR) is 88.0 cm³/mol. The van der Waals surface area contributed by atoms with Gasteiger partial charge in [-0.1, -0.05) is 71.1 Å². The molecule has 2 nitrogen and oxygen atoms in total. The molecule has 20 heavy (non-hydrogen) atoms. The molecule has 0 bridgehead atoms. The Morgan fingerprint density at radius 1 is 0.950 bits per heavy atom. The molecule has 0 amide bonds. The van der Waals surface area contributed by atoms with E-state index < -0.39 is 0 Å². The van der Waals surface area contributed by atoms with Gasteiger partial charge >= 0.3 is 0 Å². The lowest BCUT2D eigenvalue weighted by Gasteiger charge is -2.17. The fraction of sp³-hybridized carbons (Fsp3) is 1.00. The second kappa shape index (κ2) is 11.6. The smallest absolute Gasteiger partial charge is 0.0551 e. The molecule has 0 aromatic heterocycles. The fourth-order valence-electron chi connectivity index (χ4n) is 3.25. The molecule has 0 radical (unpaired) electrons. The predicted octanol–water partition coefficient (Wildman–Crippen LogP) is 5.05. The lowest BCUT2D eigenvalue weighted by Crippen LogP contribution is -2.30. The van der Waals surface area contributed by atoms with Gasteiger partial charge in [-0.05, 0) is 25.7 Å². The van der Waals surface area contributed by atoms with E-state index in [1.165, 1.54) is 77.0 Å². The molecule has 1 aliphatic rings. The van der Waals surface area contributed by atoms with Crippen LogP contribution in [0.5, 0.6) is 0 Å². The first-order valence-corrected chi connectivity index (χ1v) is 9.11. The Hall–Kier alpha value is -0.0800. The van der Waals surface area contributed by atoms with E-state index in [2.05, 4.69) is 13.8 Å². The lowest BCUT2D eigenvalue weighted by atomic mass is 9.93. The van der Waals surface area contributed by atoms with Crippen LogP contribution in [0, 0.1) is 5.92 Å². The van der Waals surface area contributed by atoms with E-state index in [-0.39, 0.29) is 0 Å². The molecule has 0 aliphatic carbocycles. The minimum atomic E-state index is 0.369. The zero-order chi connectivity index (χ0) is 14.6. The van der Waals surface area contributed by atoms with Crippen LogP contribution in [0.2, 0.25) is 0 Å². The van der Waals surface area contributed by atoms with Crippen LogP contribution in [0.4, 0.5) is 0 Å². The highest BCUT2D eigenvalue weighted by molar-refractivity contribution is 4.79. The van der Waals surface area contributed by atoms with E-state index in [0.29, 0.717) is 18.1 Å². The largest absolute Gasteiger partial charge is 0.378 e. The van der Waals surface area contributed by atoms with Gasteiger partial charge in [0.2, 0.25) is 0 Å². The number of unbranched alkanes of at least 4 members (excludes halogenated alkanes) is 9. The molecule has 0 aromatic carbocycles. The van der Waals surface area contributed by atoms with Crippen molar-refractivity contribution in [3.05, 3.63) is 0 Å². The second-order valence-electron chi connectivity index (χ2n) is 6.77. The highest BCUT2D eigenvalue weighted by atomic mass is 16.5. The third-order valence-corrected chi connectivity index (χ3v) is 4.73. The maximum absolute atomic E-state index is 6.27. The zero-order valence-electron chi connectivity index (χ0n) is 13.9. The van der Waals surface area contributed by atoms with Crippen molar-refractivity contribution in [3.63, 3.8) is 0 Å². The van der Waals surface area contributed by atoms with Crippen LogP contribution >= 0.6 is 0 Å². The minimum absolute atomic E-state index is 0.369. The van der Waals surface area contributed by atoms with Gasteiger partial charge in [0.05, 0.1) is 12.7 Å². The molecule has 120 valence electrons. The molecule has 1 heterocycles. The maximum atomic E-state index is 6.27. The summed E-state index contributed by atoms with van der Waals surface area (Å²) >= 11 is 0. The molecular weight excluding hydrogens is 246 g/mol. The van der Waals surface area contributed by atoms with Gasteiger partial charge < -0.3 is 10.5 Å². The van der Waals surface area contributed by atoms with E-state index in [1.54, 1.807) is 0 Å². The maximum Gasteiger partial charge on any atom is 0.0551 e. The molecule has 0 aromatic rings. The Morgan fingerprint density at radius 2 is 1.50 bits per heavy atom. The molecule has 3 atom stereocenters. The molecule has 1 rings (SSSR count). The van der Waals surface area contributed by atoms with Gasteiger partial charge in [0, 0.05) is 6.04 Å². The van der Waals surface area contributed by atoms with Crippen molar-refractivity contribution in [1.29, 1.82) is 0 Å². The topological polar surface area (TPSA) is 35.2 Å². The van der Waals surface area contributed by atoms with Gasteiger partial charge in [0.25, 0.3) is 0 Å². The summed E-state index contributed by atoms with van der Waals surface area (Å²) in [7, 11) is 0. The normalized spacial score (nSPS) is 24.1. The Bertz CT molecular complexity index is 219. The summed E-state index contributed by atoms with van der Waals surface area (Å²) in [6.07, 6.45) is 16.8. The molecule has 1 saturated heterocycles. The van der Waals surface area contributed by atoms with Gasteiger partial charge in [-0.25, -0.2) is 0 Å². The summed E-state index contributed by atoms with van der Waals surface area (Å²) < 4.78 is 5.61. The third kappa shape index (κ3) is 8.26. The van der Waals surface area contributed by atoms with Gasteiger partial charge in [-0.15, -0.1) is 0 Å². The summed E-state index contributed by atoms with van der Waals surface area (Å²) in [4.78, 5) is 0. The summed E-state index contributed by atoms with van der Waals surface area (Å²) in [5.41, 5.74) is 6.27. The average Bonchev–Trinajstić information content (AvgIpc) is 2.87. The number of hydrogen-bond acceptors (Lipinski definition) is 2. The standard InChI is InChI=1S/C18H37NO/c1-3-4-5-6-7-8-9-10-11-12-13-18(19)17-14-16(2)20-15-17/h16-18H,3-15,19H2,1-2H3. The lowest BCUT2D eigenvalue weighted by molar-refractivity contribution is 0.118. The Labute approximate surface area is 126 Å². The Kier molecular flexibility index (Phi) is 10.4. The number of nitrogens with two attached hydrogens (primary N) is 1. The van der Waals surface area contributed by atoms with E-state index in [9.17, 15) is 0 Å². The Balaban J connectivity index is 1.82.